The van der Waals surface area contributed by atoms with Gasteiger partial charge in [0.15, 0.2) is 11.5 Å². The molecule has 3 aromatic rings. The predicted octanol–water partition coefficient (Wildman–Crippen LogP) is 6.94. The second-order valence-corrected chi connectivity index (χ2v) is 11.1. The summed E-state index contributed by atoms with van der Waals surface area (Å²) >= 11 is 0. The third-order valence-electron chi connectivity index (χ3n) is 7.22. The number of aliphatic hydroxyl groups excluding tert-OH is 1. The largest absolute Gasteiger partial charge is 0.507 e. The maximum Gasteiger partial charge on any atom is 0.300 e. The van der Waals surface area contributed by atoms with Gasteiger partial charge in [-0.2, -0.15) is 0 Å². The van der Waals surface area contributed by atoms with Crippen molar-refractivity contribution in [3.63, 3.8) is 0 Å². The Morgan fingerprint density at radius 1 is 0.923 bits per heavy atom. The van der Waals surface area contributed by atoms with Gasteiger partial charge in [-0.25, -0.2) is 0 Å². The molecular formula is C33H37NO5. The van der Waals surface area contributed by atoms with Crippen molar-refractivity contribution in [1.82, 2.24) is 0 Å². The van der Waals surface area contributed by atoms with Gasteiger partial charge in [0.25, 0.3) is 11.7 Å². The summed E-state index contributed by atoms with van der Waals surface area (Å²) in [5.74, 6) is -0.575. The molecule has 0 radical (unpaired) electrons. The number of carbonyl (C=O) groups excluding carboxylic acids is 2. The van der Waals surface area contributed by atoms with Gasteiger partial charge in [0.1, 0.15) is 5.76 Å². The number of ketones is 1. The van der Waals surface area contributed by atoms with Crippen molar-refractivity contribution in [2.45, 2.75) is 59.9 Å². The fraction of sp³-hybridized carbons (Fsp3) is 0.333. The topological polar surface area (TPSA) is 76.1 Å². The first-order chi connectivity index (χ1) is 18.4. The predicted molar refractivity (Wildman–Crippen MR) is 155 cm³/mol. The lowest BCUT2D eigenvalue weighted by atomic mass is 9.84. The quantitative estimate of drug-likeness (QED) is 0.213. The number of ether oxygens (including phenoxy) is 2. The lowest BCUT2D eigenvalue weighted by Crippen LogP contribution is -2.30. The van der Waals surface area contributed by atoms with Crippen molar-refractivity contribution in [1.29, 1.82) is 0 Å². The molecule has 4 rings (SSSR count). The Bertz CT molecular complexity index is 1480. The third kappa shape index (κ3) is 5.16. The summed E-state index contributed by atoms with van der Waals surface area (Å²) in [7, 11) is 1.56. The van der Waals surface area contributed by atoms with E-state index in [0.29, 0.717) is 34.9 Å². The average Bonchev–Trinajstić information content (AvgIpc) is 3.13. The van der Waals surface area contributed by atoms with Crippen molar-refractivity contribution in [3.8, 4) is 11.5 Å². The normalized spacial score (nSPS) is 17.0. The first kappa shape index (κ1) is 28.0. The Morgan fingerprint density at radius 2 is 1.64 bits per heavy atom. The van der Waals surface area contributed by atoms with E-state index in [1.807, 2.05) is 64.1 Å². The van der Waals surface area contributed by atoms with Crippen LogP contribution in [0.15, 0.2) is 60.2 Å². The van der Waals surface area contributed by atoms with Gasteiger partial charge in [0.05, 0.1) is 25.3 Å². The second-order valence-electron chi connectivity index (χ2n) is 11.1. The zero-order valence-electron chi connectivity index (χ0n) is 24.0. The van der Waals surface area contributed by atoms with E-state index in [9.17, 15) is 14.7 Å². The number of nitrogens with zero attached hydrogens (tertiary/aromatic N) is 1. The van der Waals surface area contributed by atoms with E-state index in [-0.39, 0.29) is 16.7 Å². The fourth-order valence-electron chi connectivity index (χ4n) is 5.09. The fourth-order valence-corrected chi connectivity index (χ4v) is 5.09. The molecule has 0 aromatic heterocycles. The monoisotopic (exact) mass is 527 g/mol. The summed E-state index contributed by atoms with van der Waals surface area (Å²) in [6.07, 6.45) is 0. The molecular weight excluding hydrogens is 490 g/mol. The van der Waals surface area contributed by atoms with E-state index in [4.69, 9.17) is 9.47 Å². The number of benzene rings is 3. The maximum atomic E-state index is 13.7. The molecule has 1 atom stereocenters. The molecule has 1 heterocycles. The molecule has 1 fully saturated rings. The van der Waals surface area contributed by atoms with Crippen LogP contribution < -0.4 is 14.4 Å². The molecule has 1 aliphatic rings. The van der Waals surface area contributed by atoms with Crippen LogP contribution in [0.1, 0.15) is 67.1 Å². The van der Waals surface area contributed by atoms with E-state index in [0.717, 1.165) is 22.3 Å². The van der Waals surface area contributed by atoms with Crippen LogP contribution in [0.4, 0.5) is 5.69 Å². The summed E-state index contributed by atoms with van der Waals surface area (Å²) in [5.41, 5.74) is 5.36. The standard InChI is InChI=1S/C33H37NO5/c1-9-39-27-17-22(12-15-26(27)38-8)29-28(30(35)24-18-23(33(5,6)7)13-11-20(24)3)31(36)32(37)34(29)25-14-10-19(2)16-21(25)4/h10-18,29,35H,9H2,1-8H3/b30-28+. The van der Waals surface area contributed by atoms with Crippen LogP contribution in [0.25, 0.3) is 5.76 Å². The summed E-state index contributed by atoms with van der Waals surface area (Å²) in [6, 6.07) is 16.1. The number of aryl methyl sites for hydroxylation is 3. The van der Waals surface area contributed by atoms with E-state index in [2.05, 4.69) is 20.8 Å². The number of aliphatic hydroxyl groups is 1. The van der Waals surface area contributed by atoms with Crippen LogP contribution in [0.3, 0.4) is 0 Å². The Morgan fingerprint density at radius 3 is 2.26 bits per heavy atom. The molecule has 0 spiro atoms. The van der Waals surface area contributed by atoms with Gasteiger partial charge in [-0.05, 0) is 79.6 Å². The van der Waals surface area contributed by atoms with Gasteiger partial charge < -0.3 is 14.6 Å². The number of hydrogen-bond donors (Lipinski definition) is 1. The molecule has 1 N–H and O–H groups in total. The van der Waals surface area contributed by atoms with Gasteiger partial charge in [-0.3, -0.25) is 14.5 Å². The zero-order valence-corrected chi connectivity index (χ0v) is 24.0. The summed E-state index contributed by atoms with van der Waals surface area (Å²) in [6.45, 7) is 14.3. The Kier molecular flexibility index (Phi) is 7.60. The third-order valence-corrected chi connectivity index (χ3v) is 7.22. The van der Waals surface area contributed by atoms with Crippen molar-refractivity contribution in [2.24, 2.45) is 0 Å². The molecule has 6 nitrogen and oxygen atoms in total. The minimum Gasteiger partial charge on any atom is -0.507 e. The zero-order chi connectivity index (χ0) is 28.6. The minimum atomic E-state index is -0.866. The first-order valence-electron chi connectivity index (χ1n) is 13.2. The van der Waals surface area contributed by atoms with Crippen LogP contribution in [0.2, 0.25) is 0 Å². The average molecular weight is 528 g/mol. The highest BCUT2D eigenvalue weighted by atomic mass is 16.5. The molecule has 6 heteroatoms. The van der Waals surface area contributed by atoms with Crippen LogP contribution in [-0.4, -0.2) is 30.5 Å². The van der Waals surface area contributed by atoms with E-state index in [1.54, 1.807) is 25.3 Å². The van der Waals surface area contributed by atoms with Crippen molar-refractivity contribution < 1.29 is 24.2 Å². The molecule has 3 aromatic carbocycles. The van der Waals surface area contributed by atoms with Crippen LogP contribution >= 0.6 is 0 Å². The second kappa shape index (κ2) is 10.6. The Labute approximate surface area is 230 Å². The van der Waals surface area contributed by atoms with Crippen LogP contribution in [0.5, 0.6) is 11.5 Å². The lowest BCUT2D eigenvalue weighted by Gasteiger charge is -2.28. The highest BCUT2D eigenvalue weighted by molar-refractivity contribution is 6.51. The molecule has 1 unspecified atom stereocenters. The van der Waals surface area contributed by atoms with Crippen molar-refractivity contribution in [2.75, 3.05) is 18.6 Å². The molecule has 0 saturated carbocycles. The van der Waals surface area contributed by atoms with Crippen molar-refractivity contribution in [3.05, 3.63) is 93.6 Å². The van der Waals surface area contributed by atoms with E-state index < -0.39 is 17.7 Å². The van der Waals surface area contributed by atoms with Gasteiger partial charge in [0.2, 0.25) is 0 Å². The van der Waals surface area contributed by atoms with Crippen LogP contribution in [-0.2, 0) is 15.0 Å². The number of hydrogen-bond acceptors (Lipinski definition) is 5. The summed E-state index contributed by atoms with van der Waals surface area (Å²) in [5, 5.41) is 11.8. The SMILES string of the molecule is CCOc1cc(C2/C(=C(\O)c3cc(C(C)(C)C)ccc3C)C(=O)C(=O)N2c2ccc(C)cc2C)ccc1OC. The van der Waals surface area contributed by atoms with Gasteiger partial charge >= 0.3 is 0 Å². The number of methoxy groups -OCH3 is 1. The minimum absolute atomic E-state index is 0.0433. The number of amides is 1. The van der Waals surface area contributed by atoms with E-state index in [1.165, 1.54) is 4.90 Å². The molecule has 204 valence electrons. The van der Waals surface area contributed by atoms with Crippen LogP contribution in [0, 0.1) is 20.8 Å². The molecule has 1 amide bonds. The van der Waals surface area contributed by atoms with Gasteiger partial charge in [-0.15, -0.1) is 0 Å². The molecule has 1 saturated heterocycles. The summed E-state index contributed by atoms with van der Waals surface area (Å²) < 4.78 is 11.3. The molecule has 0 aliphatic carbocycles. The van der Waals surface area contributed by atoms with Gasteiger partial charge in [0, 0.05) is 11.3 Å². The Balaban J connectivity index is 2.03. The van der Waals surface area contributed by atoms with Crippen molar-refractivity contribution >= 4 is 23.1 Å². The number of anilines is 1. The maximum absolute atomic E-state index is 13.7. The highest BCUT2D eigenvalue weighted by Gasteiger charge is 2.47. The lowest BCUT2D eigenvalue weighted by molar-refractivity contribution is -0.132. The number of rotatable bonds is 6. The first-order valence-corrected chi connectivity index (χ1v) is 13.2. The van der Waals surface area contributed by atoms with E-state index >= 15 is 0 Å². The number of carbonyl (C=O) groups is 2. The Hall–Kier alpha value is -4.06. The molecule has 39 heavy (non-hydrogen) atoms. The molecule has 1 aliphatic heterocycles. The smallest absolute Gasteiger partial charge is 0.300 e. The molecule has 0 bridgehead atoms. The van der Waals surface area contributed by atoms with Gasteiger partial charge in [-0.1, -0.05) is 56.7 Å². The highest BCUT2D eigenvalue weighted by Crippen LogP contribution is 2.45. The number of Topliss-reactive ketones (excluding diaryl/α,β-unsaturated/α-hetero) is 1. The summed E-state index contributed by atoms with van der Waals surface area (Å²) in [4.78, 5) is 28.9.